The van der Waals surface area contributed by atoms with Gasteiger partial charge in [-0.1, -0.05) is 15.9 Å². The van der Waals surface area contributed by atoms with Crippen molar-refractivity contribution in [2.75, 3.05) is 11.1 Å². The van der Waals surface area contributed by atoms with Gasteiger partial charge >= 0.3 is 5.97 Å². The van der Waals surface area contributed by atoms with Crippen LogP contribution in [0.4, 0.5) is 5.69 Å². The van der Waals surface area contributed by atoms with Crippen LogP contribution in [-0.2, 0) is 21.4 Å². The fourth-order valence-corrected chi connectivity index (χ4v) is 3.64. The van der Waals surface area contributed by atoms with E-state index in [9.17, 15) is 9.59 Å². The SMILES string of the molecule is Cc1cc(Br)ccc1SCC(=O)OC(C)C(=O)Nc1c(C)nn(C)c1C. The third kappa shape index (κ3) is 5.11. The van der Waals surface area contributed by atoms with Gasteiger partial charge in [0.05, 0.1) is 22.8 Å². The molecule has 0 spiro atoms. The van der Waals surface area contributed by atoms with Crippen LogP contribution in [0.1, 0.15) is 23.9 Å². The zero-order valence-electron chi connectivity index (χ0n) is 15.4. The van der Waals surface area contributed by atoms with Gasteiger partial charge in [-0.15, -0.1) is 11.8 Å². The van der Waals surface area contributed by atoms with E-state index in [2.05, 4.69) is 26.3 Å². The Morgan fingerprint density at radius 1 is 1.35 bits per heavy atom. The molecule has 0 fully saturated rings. The second-order valence-electron chi connectivity index (χ2n) is 5.99. The second kappa shape index (κ2) is 8.73. The number of aromatic nitrogens is 2. The highest BCUT2D eigenvalue weighted by Gasteiger charge is 2.21. The van der Waals surface area contributed by atoms with E-state index in [1.165, 1.54) is 11.8 Å². The Morgan fingerprint density at radius 2 is 2.04 bits per heavy atom. The number of rotatable bonds is 6. The van der Waals surface area contributed by atoms with E-state index in [-0.39, 0.29) is 11.7 Å². The number of nitrogens with zero attached hydrogens (tertiary/aromatic N) is 2. The summed E-state index contributed by atoms with van der Waals surface area (Å²) in [6.45, 7) is 7.22. The minimum absolute atomic E-state index is 0.144. The van der Waals surface area contributed by atoms with Gasteiger partial charge in [0.25, 0.3) is 5.91 Å². The Balaban J connectivity index is 1.88. The van der Waals surface area contributed by atoms with E-state index in [1.54, 1.807) is 11.6 Å². The van der Waals surface area contributed by atoms with Gasteiger partial charge in [-0.25, -0.2) is 0 Å². The minimum Gasteiger partial charge on any atom is -0.452 e. The molecule has 6 nitrogen and oxygen atoms in total. The van der Waals surface area contributed by atoms with Crippen molar-refractivity contribution < 1.29 is 14.3 Å². The molecule has 1 aromatic carbocycles. The molecule has 140 valence electrons. The van der Waals surface area contributed by atoms with Gasteiger partial charge in [0.2, 0.25) is 0 Å². The lowest BCUT2D eigenvalue weighted by molar-refractivity contribution is -0.150. The maximum Gasteiger partial charge on any atom is 0.317 e. The standard InChI is InChI=1S/C18H22BrN3O3S/c1-10-8-14(19)6-7-15(10)26-9-16(23)25-13(4)18(24)20-17-11(2)21-22(5)12(17)3/h6-8,13H,9H2,1-5H3,(H,20,24). The van der Waals surface area contributed by atoms with Gasteiger partial charge < -0.3 is 10.1 Å². The first-order chi connectivity index (χ1) is 12.2. The summed E-state index contributed by atoms with van der Waals surface area (Å²) in [7, 11) is 1.81. The van der Waals surface area contributed by atoms with E-state index in [4.69, 9.17) is 4.74 Å². The van der Waals surface area contributed by atoms with Crippen molar-refractivity contribution in [2.24, 2.45) is 7.05 Å². The van der Waals surface area contributed by atoms with Gasteiger partial charge in [-0.2, -0.15) is 5.10 Å². The molecule has 1 N–H and O–H groups in total. The Hall–Kier alpha value is -1.80. The first-order valence-corrected chi connectivity index (χ1v) is 9.86. The number of aryl methyl sites for hydroxylation is 3. The smallest absolute Gasteiger partial charge is 0.317 e. The summed E-state index contributed by atoms with van der Waals surface area (Å²) in [5, 5.41) is 7.03. The number of halogens is 1. The predicted molar refractivity (Wildman–Crippen MR) is 106 cm³/mol. The highest BCUT2D eigenvalue weighted by molar-refractivity contribution is 9.10. The van der Waals surface area contributed by atoms with Gasteiger partial charge in [0.15, 0.2) is 6.10 Å². The maximum absolute atomic E-state index is 12.3. The van der Waals surface area contributed by atoms with Crippen molar-refractivity contribution in [2.45, 2.75) is 38.7 Å². The number of hydrogen-bond donors (Lipinski definition) is 1. The van der Waals surface area contributed by atoms with Crippen molar-refractivity contribution >= 4 is 45.3 Å². The van der Waals surface area contributed by atoms with Crippen molar-refractivity contribution in [3.63, 3.8) is 0 Å². The molecule has 0 radical (unpaired) electrons. The first kappa shape index (κ1) is 20.5. The molecule has 8 heteroatoms. The summed E-state index contributed by atoms with van der Waals surface area (Å²) in [6, 6.07) is 5.86. The molecule has 1 unspecified atom stereocenters. The molecule has 0 saturated heterocycles. The molecule has 1 heterocycles. The molecule has 2 rings (SSSR count). The molecule has 0 aliphatic heterocycles. The summed E-state index contributed by atoms with van der Waals surface area (Å²) in [5.41, 5.74) is 3.29. The zero-order valence-corrected chi connectivity index (χ0v) is 17.8. The average molecular weight is 440 g/mol. The fraction of sp³-hybridized carbons (Fsp3) is 0.389. The summed E-state index contributed by atoms with van der Waals surface area (Å²) in [4.78, 5) is 25.3. The molecule has 0 aliphatic rings. The molecule has 26 heavy (non-hydrogen) atoms. The van der Waals surface area contributed by atoms with Gasteiger partial charge in [0, 0.05) is 16.4 Å². The Kier molecular flexibility index (Phi) is 6.88. The number of hydrogen-bond acceptors (Lipinski definition) is 5. The van der Waals surface area contributed by atoms with Gasteiger partial charge in [-0.05, 0) is 51.5 Å². The van der Waals surface area contributed by atoms with Crippen LogP contribution in [-0.4, -0.2) is 33.5 Å². The Morgan fingerprint density at radius 3 is 2.62 bits per heavy atom. The normalized spacial score (nSPS) is 11.9. The van der Waals surface area contributed by atoms with Crippen LogP contribution in [0.3, 0.4) is 0 Å². The van der Waals surface area contributed by atoms with Crippen LogP contribution >= 0.6 is 27.7 Å². The third-order valence-electron chi connectivity index (χ3n) is 3.92. The molecule has 2 aromatic rings. The predicted octanol–water partition coefficient (Wildman–Crippen LogP) is 3.77. The maximum atomic E-state index is 12.3. The zero-order chi connectivity index (χ0) is 19.4. The highest BCUT2D eigenvalue weighted by Crippen LogP contribution is 2.25. The van der Waals surface area contributed by atoms with Crippen molar-refractivity contribution in [1.29, 1.82) is 0 Å². The van der Waals surface area contributed by atoms with Crippen LogP contribution in [0.2, 0.25) is 0 Å². The van der Waals surface area contributed by atoms with E-state index in [0.717, 1.165) is 26.3 Å². The van der Waals surface area contributed by atoms with Crippen LogP contribution in [0.15, 0.2) is 27.6 Å². The summed E-state index contributed by atoms with van der Waals surface area (Å²) in [5.74, 6) is -0.660. The molecule has 1 aromatic heterocycles. The molecule has 0 saturated carbocycles. The van der Waals surface area contributed by atoms with Crippen molar-refractivity contribution in [1.82, 2.24) is 9.78 Å². The fourth-order valence-electron chi connectivity index (χ4n) is 2.38. The Labute approximate surface area is 165 Å². The number of thioether (sulfide) groups is 1. The number of carbonyl (C=O) groups excluding carboxylic acids is 2. The summed E-state index contributed by atoms with van der Waals surface area (Å²) < 4.78 is 7.93. The summed E-state index contributed by atoms with van der Waals surface area (Å²) in [6.07, 6.45) is -0.881. The number of anilines is 1. The lowest BCUT2D eigenvalue weighted by Gasteiger charge is -2.14. The molecule has 1 atom stereocenters. The van der Waals surface area contributed by atoms with Gasteiger partial charge in [0.1, 0.15) is 0 Å². The van der Waals surface area contributed by atoms with Crippen LogP contribution in [0, 0.1) is 20.8 Å². The summed E-state index contributed by atoms with van der Waals surface area (Å²) >= 11 is 4.80. The quantitative estimate of drug-likeness (QED) is 0.547. The van der Waals surface area contributed by atoms with E-state index in [0.29, 0.717) is 5.69 Å². The highest BCUT2D eigenvalue weighted by atomic mass is 79.9. The molecular formula is C18H22BrN3O3S. The lowest BCUT2D eigenvalue weighted by Crippen LogP contribution is -2.30. The van der Waals surface area contributed by atoms with E-state index in [1.807, 2.05) is 46.0 Å². The molecule has 0 bridgehead atoms. The molecular weight excluding hydrogens is 418 g/mol. The average Bonchev–Trinajstić information content (AvgIpc) is 2.80. The first-order valence-electron chi connectivity index (χ1n) is 8.08. The molecule has 1 amide bonds. The van der Waals surface area contributed by atoms with Crippen LogP contribution in [0.5, 0.6) is 0 Å². The molecule has 0 aliphatic carbocycles. The number of benzene rings is 1. The van der Waals surface area contributed by atoms with Gasteiger partial charge in [-0.3, -0.25) is 14.3 Å². The monoisotopic (exact) mass is 439 g/mol. The lowest BCUT2D eigenvalue weighted by atomic mass is 10.2. The number of nitrogens with one attached hydrogen (secondary N) is 1. The van der Waals surface area contributed by atoms with E-state index < -0.39 is 12.1 Å². The number of carbonyl (C=O) groups is 2. The minimum atomic E-state index is -0.881. The second-order valence-corrected chi connectivity index (χ2v) is 7.92. The topological polar surface area (TPSA) is 73.2 Å². The van der Waals surface area contributed by atoms with Crippen molar-refractivity contribution in [3.8, 4) is 0 Å². The largest absolute Gasteiger partial charge is 0.452 e. The van der Waals surface area contributed by atoms with E-state index >= 15 is 0 Å². The number of ether oxygens (including phenoxy) is 1. The Bertz CT molecular complexity index is 835. The third-order valence-corrected chi connectivity index (χ3v) is 5.56. The van der Waals surface area contributed by atoms with Crippen molar-refractivity contribution in [3.05, 3.63) is 39.6 Å². The number of amides is 1. The van der Waals surface area contributed by atoms with Crippen LogP contribution < -0.4 is 5.32 Å². The number of esters is 1. The van der Waals surface area contributed by atoms with Crippen LogP contribution in [0.25, 0.3) is 0 Å².